The van der Waals surface area contributed by atoms with Gasteiger partial charge in [-0.05, 0) is 36.8 Å². The number of benzene rings is 1. The van der Waals surface area contributed by atoms with Crippen molar-refractivity contribution in [3.8, 4) is 17.6 Å². The second-order valence-electron chi connectivity index (χ2n) is 9.01. The van der Waals surface area contributed by atoms with Crippen LogP contribution in [0.5, 0.6) is 11.5 Å². The molecule has 0 bridgehead atoms. The van der Waals surface area contributed by atoms with Crippen LogP contribution in [0, 0.1) is 23.2 Å². The minimum Gasteiger partial charge on any atom is -0.492 e. The number of nitriles is 1. The number of fused-ring (bicyclic) bond motifs is 1. The lowest BCUT2D eigenvalue weighted by Crippen LogP contribution is -2.13. The molecular weight excluding hydrogens is 494 g/mol. The first-order valence-corrected chi connectivity index (χ1v) is 14.9. The zero-order valence-corrected chi connectivity index (χ0v) is 23.8. The van der Waals surface area contributed by atoms with E-state index in [2.05, 4.69) is 27.7 Å². The minimum atomic E-state index is -0.726. The average molecular weight is 536 g/mol. The third kappa shape index (κ3) is 8.93. The molecule has 1 heterocycles. The maximum atomic E-state index is 12.4. The fourth-order valence-electron chi connectivity index (χ4n) is 3.85. The molecule has 0 spiro atoms. The topological polar surface area (TPSA) is 88.8 Å². The summed E-state index contributed by atoms with van der Waals surface area (Å²) in [6, 6.07) is 5.88. The van der Waals surface area contributed by atoms with E-state index in [1.54, 1.807) is 0 Å². The van der Waals surface area contributed by atoms with Gasteiger partial charge in [-0.2, -0.15) is 5.26 Å². The Labute approximate surface area is 225 Å². The molecule has 8 heteroatoms. The molecule has 0 radical (unpaired) electrons. The Morgan fingerprint density at radius 3 is 1.83 bits per heavy atom. The SMILES string of the molecule is CCCCC(CC)COc1ccc(OCC(CC)CCCC)c2c1SC(=C(C#N)C(=O)OCCO)S2. The van der Waals surface area contributed by atoms with Gasteiger partial charge in [0.1, 0.15) is 24.2 Å². The molecule has 0 saturated heterocycles. The number of carbonyl (C=O) groups is 1. The second kappa shape index (κ2) is 16.8. The summed E-state index contributed by atoms with van der Waals surface area (Å²) in [6.07, 6.45) is 9.08. The molecular formula is C28H41NO5S2. The maximum Gasteiger partial charge on any atom is 0.350 e. The van der Waals surface area contributed by atoms with E-state index in [4.69, 9.17) is 19.3 Å². The molecule has 0 aliphatic carbocycles. The molecule has 1 aliphatic rings. The molecule has 1 aromatic rings. The summed E-state index contributed by atoms with van der Waals surface area (Å²) in [5.74, 6) is 1.74. The summed E-state index contributed by atoms with van der Waals surface area (Å²) in [4.78, 5) is 14.2. The highest BCUT2D eigenvalue weighted by atomic mass is 32.2. The van der Waals surface area contributed by atoms with E-state index < -0.39 is 5.97 Å². The Morgan fingerprint density at radius 2 is 1.44 bits per heavy atom. The number of nitrogens with zero attached hydrogens (tertiary/aromatic N) is 1. The van der Waals surface area contributed by atoms with E-state index >= 15 is 0 Å². The molecule has 2 atom stereocenters. The van der Waals surface area contributed by atoms with Crippen molar-refractivity contribution < 1.29 is 24.1 Å². The van der Waals surface area contributed by atoms with Gasteiger partial charge in [-0.3, -0.25) is 0 Å². The van der Waals surface area contributed by atoms with Gasteiger partial charge in [-0.1, -0.05) is 89.7 Å². The van der Waals surface area contributed by atoms with E-state index in [9.17, 15) is 10.1 Å². The summed E-state index contributed by atoms with van der Waals surface area (Å²) < 4.78 is 18.2. The van der Waals surface area contributed by atoms with Crippen LogP contribution in [-0.4, -0.2) is 37.5 Å². The quantitative estimate of drug-likeness (QED) is 0.126. The molecule has 0 aromatic heterocycles. The van der Waals surface area contributed by atoms with Gasteiger partial charge in [0.15, 0.2) is 5.57 Å². The number of rotatable bonds is 17. The lowest BCUT2D eigenvalue weighted by Gasteiger charge is -2.19. The number of esters is 1. The largest absolute Gasteiger partial charge is 0.492 e. The second-order valence-corrected chi connectivity index (χ2v) is 11.3. The normalized spacial score (nSPS) is 14.1. The summed E-state index contributed by atoms with van der Waals surface area (Å²) in [7, 11) is 0. The first-order chi connectivity index (χ1) is 17.5. The Balaban J connectivity index is 2.31. The third-order valence-corrected chi connectivity index (χ3v) is 8.94. The lowest BCUT2D eigenvalue weighted by atomic mass is 10.0. The number of hydrogen-bond donors (Lipinski definition) is 1. The molecule has 0 fully saturated rings. The highest BCUT2D eigenvalue weighted by Gasteiger charge is 2.31. The van der Waals surface area contributed by atoms with Gasteiger partial charge in [-0.15, -0.1) is 0 Å². The van der Waals surface area contributed by atoms with Crippen molar-refractivity contribution in [1.29, 1.82) is 5.26 Å². The van der Waals surface area contributed by atoms with Crippen LogP contribution >= 0.6 is 23.5 Å². The van der Waals surface area contributed by atoms with Gasteiger partial charge >= 0.3 is 5.97 Å². The van der Waals surface area contributed by atoms with E-state index in [-0.39, 0.29) is 18.8 Å². The van der Waals surface area contributed by atoms with Gasteiger partial charge < -0.3 is 19.3 Å². The molecule has 36 heavy (non-hydrogen) atoms. The summed E-state index contributed by atoms with van der Waals surface area (Å²) in [5.41, 5.74) is -0.0599. The lowest BCUT2D eigenvalue weighted by molar-refractivity contribution is -0.139. The number of aliphatic hydroxyl groups is 1. The molecule has 0 amide bonds. The molecule has 1 N–H and O–H groups in total. The minimum absolute atomic E-state index is 0.0599. The van der Waals surface area contributed by atoms with Crippen LogP contribution in [0.4, 0.5) is 0 Å². The summed E-state index contributed by atoms with van der Waals surface area (Å²) in [6.45, 7) is 9.61. The third-order valence-electron chi connectivity index (χ3n) is 6.31. The first kappa shape index (κ1) is 30.4. The molecule has 1 aromatic carbocycles. The van der Waals surface area contributed by atoms with E-state index in [0.29, 0.717) is 29.3 Å². The van der Waals surface area contributed by atoms with E-state index in [0.717, 1.165) is 47.0 Å². The van der Waals surface area contributed by atoms with Crippen molar-refractivity contribution in [2.45, 2.75) is 88.9 Å². The van der Waals surface area contributed by atoms with Crippen molar-refractivity contribution in [3.05, 3.63) is 21.9 Å². The van der Waals surface area contributed by atoms with Crippen LogP contribution in [0.2, 0.25) is 0 Å². The van der Waals surface area contributed by atoms with Crippen molar-refractivity contribution in [2.75, 3.05) is 26.4 Å². The molecule has 200 valence electrons. The summed E-state index contributed by atoms with van der Waals surface area (Å²) >= 11 is 2.71. The summed E-state index contributed by atoms with van der Waals surface area (Å²) in [5, 5.41) is 18.7. The Hall–Kier alpha value is -1.82. The number of aliphatic hydroxyl groups excluding tert-OH is 1. The standard InChI is InChI=1S/C28H41NO5S2/c1-5-9-11-20(7-3)18-33-23-13-14-24(34-19-21(8-4)12-10-6-2)26-25(23)35-28(36-26)22(17-29)27(31)32-16-15-30/h13-14,20-21,30H,5-12,15-16,18-19H2,1-4H3. The van der Waals surface area contributed by atoms with Gasteiger partial charge in [0, 0.05) is 0 Å². The van der Waals surface area contributed by atoms with Crippen LogP contribution in [0.1, 0.15) is 79.1 Å². The fraction of sp³-hybridized carbons (Fsp3) is 0.643. The van der Waals surface area contributed by atoms with Crippen LogP contribution in [0.3, 0.4) is 0 Å². The smallest absolute Gasteiger partial charge is 0.350 e. The number of thioether (sulfide) groups is 2. The predicted molar refractivity (Wildman–Crippen MR) is 146 cm³/mol. The van der Waals surface area contributed by atoms with Gasteiger partial charge in [0.05, 0.1) is 33.8 Å². The van der Waals surface area contributed by atoms with Crippen molar-refractivity contribution >= 4 is 29.5 Å². The molecule has 6 nitrogen and oxygen atoms in total. The fourth-order valence-corrected chi connectivity index (χ4v) is 6.44. The Kier molecular flexibility index (Phi) is 14.2. The van der Waals surface area contributed by atoms with Crippen LogP contribution in [0.25, 0.3) is 0 Å². The van der Waals surface area contributed by atoms with Crippen LogP contribution in [-0.2, 0) is 9.53 Å². The Morgan fingerprint density at radius 1 is 0.944 bits per heavy atom. The van der Waals surface area contributed by atoms with Crippen LogP contribution < -0.4 is 9.47 Å². The highest BCUT2D eigenvalue weighted by Crippen LogP contribution is 2.59. The van der Waals surface area contributed by atoms with Gasteiger partial charge in [-0.25, -0.2) is 4.79 Å². The molecule has 2 rings (SSSR count). The number of unbranched alkanes of at least 4 members (excludes halogenated alkanes) is 2. The first-order valence-electron chi connectivity index (χ1n) is 13.2. The zero-order valence-electron chi connectivity index (χ0n) is 22.1. The van der Waals surface area contributed by atoms with Gasteiger partial charge in [0.25, 0.3) is 0 Å². The molecule has 0 saturated carbocycles. The number of carbonyl (C=O) groups excluding carboxylic acids is 1. The van der Waals surface area contributed by atoms with Crippen LogP contribution in [0.15, 0.2) is 31.7 Å². The average Bonchev–Trinajstić information content (AvgIpc) is 3.34. The predicted octanol–water partition coefficient (Wildman–Crippen LogP) is 7.35. The van der Waals surface area contributed by atoms with Crippen molar-refractivity contribution in [2.24, 2.45) is 11.8 Å². The van der Waals surface area contributed by atoms with E-state index in [1.807, 2.05) is 18.2 Å². The monoisotopic (exact) mass is 535 g/mol. The zero-order chi connectivity index (χ0) is 26.3. The van der Waals surface area contributed by atoms with E-state index in [1.165, 1.54) is 49.2 Å². The molecule has 2 unspecified atom stereocenters. The Bertz CT molecular complexity index is 861. The van der Waals surface area contributed by atoms with Gasteiger partial charge in [0.2, 0.25) is 0 Å². The highest BCUT2D eigenvalue weighted by molar-refractivity contribution is 8.24. The maximum absolute atomic E-state index is 12.4. The number of ether oxygens (including phenoxy) is 3. The van der Waals surface area contributed by atoms with Crippen molar-refractivity contribution in [3.63, 3.8) is 0 Å². The van der Waals surface area contributed by atoms with Crippen molar-refractivity contribution in [1.82, 2.24) is 0 Å². The molecule has 1 aliphatic heterocycles. The number of hydrogen-bond acceptors (Lipinski definition) is 8.